The Morgan fingerprint density at radius 1 is 0.242 bits per heavy atom. The first-order chi connectivity index (χ1) is 30.7. The minimum absolute atomic E-state index is 0.531. The molecule has 0 aliphatic rings. The van der Waals surface area contributed by atoms with Crippen LogP contribution in [-0.2, 0) is 0 Å². The summed E-state index contributed by atoms with van der Waals surface area (Å²) in [7, 11) is 0. The average Bonchev–Trinajstić information content (AvgIpc) is 3.37. The molecule has 0 saturated carbocycles. The highest BCUT2D eigenvalue weighted by atomic mass is 15.0. The van der Waals surface area contributed by atoms with Gasteiger partial charge >= 0.3 is 0 Å². The highest BCUT2D eigenvalue weighted by Gasteiger charge is 2.21. The highest BCUT2D eigenvalue weighted by Crippen LogP contribution is 2.42. The monoisotopic (exact) mass is 793 g/mol. The molecule has 0 aliphatic carbocycles. The minimum Gasteiger partial charge on any atom is -0.208 e. The van der Waals surface area contributed by atoms with Gasteiger partial charge in [-0.05, 0) is 51.6 Å². The van der Waals surface area contributed by atoms with E-state index in [1.807, 2.05) is 158 Å². The smallest absolute Gasteiger partial charge is 0.164 e. The van der Waals surface area contributed by atoms with Crippen LogP contribution in [0.25, 0.3) is 102 Å². The van der Waals surface area contributed by atoms with E-state index in [4.69, 9.17) is 29.9 Å². The van der Waals surface area contributed by atoms with E-state index in [2.05, 4.69) is 60.7 Å². The van der Waals surface area contributed by atoms with Crippen molar-refractivity contribution in [1.82, 2.24) is 29.9 Å². The second-order valence-electron chi connectivity index (χ2n) is 14.6. The molecule has 0 N–H and O–H groups in total. The third-order valence-corrected chi connectivity index (χ3v) is 10.7. The van der Waals surface area contributed by atoms with Crippen molar-refractivity contribution in [1.29, 1.82) is 5.26 Å². The van der Waals surface area contributed by atoms with E-state index in [1.165, 1.54) is 0 Å². The van der Waals surface area contributed by atoms with E-state index in [9.17, 15) is 5.26 Å². The maximum Gasteiger partial charge on any atom is 0.164 e. The van der Waals surface area contributed by atoms with E-state index in [0.717, 1.165) is 66.8 Å². The Morgan fingerprint density at radius 2 is 0.548 bits per heavy atom. The summed E-state index contributed by atoms with van der Waals surface area (Å²) >= 11 is 0. The van der Waals surface area contributed by atoms with Crippen LogP contribution in [0.1, 0.15) is 5.56 Å². The highest BCUT2D eigenvalue weighted by molar-refractivity contribution is 5.96. The summed E-state index contributed by atoms with van der Waals surface area (Å²) in [6.07, 6.45) is 0. The molecule has 0 radical (unpaired) electrons. The SMILES string of the molecule is N#Cc1ccc(-c2ccc(-c3ccccc3-c3ccccc3-c3nc(-c4ccccc4)nc(-c4ccccc4)n3)c(-c3nc(-c4ccccc4)nc(-c4ccccc4)n3)c2)cc1. The van der Waals surface area contributed by atoms with Gasteiger partial charge in [0.25, 0.3) is 0 Å². The Hall–Kier alpha value is -8.73. The molecule has 0 unspecified atom stereocenters. The van der Waals surface area contributed by atoms with E-state index in [0.29, 0.717) is 40.5 Å². The molecule has 0 amide bonds. The Kier molecular flexibility index (Phi) is 10.2. The van der Waals surface area contributed by atoms with Crippen LogP contribution in [0.4, 0.5) is 0 Å². The molecule has 0 saturated heterocycles. The quantitative estimate of drug-likeness (QED) is 0.143. The van der Waals surface area contributed by atoms with Crippen molar-refractivity contribution in [2.75, 3.05) is 0 Å². The van der Waals surface area contributed by atoms with Crippen LogP contribution in [0.3, 0.4) is 0 Å². The van der Waals surface area contributed by atoms with Crippen molar-refractivity contribution < 1.29 is 0 Å². The number of rotatable bonds is 9. The van der Waals surface area contributed by atoms with Crippen molar-refractivity contribution in [3.05, 3.63) is 218 Å². The first kappa shape index (κ1) is 37.5. The van der Waals surface area contributed by atoms with Crippen molar-refractivity contribution in [3.8, 4) is 108 Å². The Labute approximate surface area is 359 Å². The van der Waals surface area contributed by atoms with Gasteiger partial charge in [0, 0.05) is 33.4 Å². The molecule has 7 nitrogen and oxygen atoms in total. The fourth-order valence-corrected chi connectivity index (χ4v) is 7.60. The van der Waals surface area contributed by atoms with E-state index >= 15 is 0 Å². The Morgan fingerprint density at radius 3 is 0.952 bits per heavy atom. The van der Waals surface area contributed by atoms with Gasteiger partial charge in [-0.1, -0.05) is 194 Å². The lowest BCUT2D eigenvalue weighted by molar-refractivity contribution is 1.07. The third-order valence-electron chi connectivity index (χ3n) is 10.7. The maximum atomic E-state index is 9.55. The molecule has 0 aliphatic heterocycles. The van der Waals surface area contributed by atoms with Crippen LogP contribution < -0.4 is 0 Å². The molecule has 0 bridgehead atoms. The van der Waals surface area contributed by atoms with E-state index in [1.54, 1.807) is 0 Å². The van der Waals surface area contributed by atoms with Gasteiger partial charge in [0.15, 0.2) is 34.9 Å². The van der Waals surface area contributed by atoms with Gasteiger partial charge in [0.2, 0.25) is 0 Å². The minimum atomic E-state index is 0.531. The van der Waals surface area contributed by atoms with Gasteiger partial charge in [-0.3, -0.25) is 0 Å². The summed E-state index contributed by atoms with van der Waals surface area (Å²) in [5.74, 6) is 3.43. The zero-order valence-electron chi connectivity index (χ0n) is 33.3. The molecule has 62 heavy (non-hydrogen) atoms. The molecule has 8 aromatic carbocycles. The largest absolute Gasteiger partial charge is 0.208 e. The normalized spacial score (nSPS) is 10.9. The number of hydrogen-bond acceptors (Lipinski definition) is 7. The summed E-state index contributed by atoms with van der Waals surface area (Å²) in [6.45, 7) is 0. The van der Waals surface area contributed by atoms with Gasteiger partial charge in [-0.2, -0.15) is 5.26 Å². The molecule has 7 heteroatoms. The molecule has 10 aromatic rings. The summed E-state index contributed by atoms with van der Waals surface area (Å²) in [5.41, 5.74) is 11.6. The lowest BCUT2D eigenvalue weighted by Crippen LogP contribution is -2.02. The predicted molar refractivity (Wildman–Crippen MR) is 247 cm³/mol. The lowest BCUT2D eigenvalue weighted by atomic mass is 9.88. The number of nitriles is 1. The standard InChI is InChI=1S/C55H35N7/c56-36-37-29-31-38(32-30-37)43-33-34-47(49(35-43)55-61-52(41-21-9-3-10-22-41)58-53(62-55)42-23-11-4-12-24-42)45-26-14-13-25-44(45)46-27-15-16-28-48(46)54-59-50(39-17-5-1-6-18-39)57-51(60-54)40-19-7-2-8-20-40/h1-35H. The topological polar surface area (TPSA) is 101 Å². The molecular formula is C55H35N7. The molecule has 0 fully saturated rings. The zero-order chi connectivity index (χ0) is 41.7. The van der Waals surface area contributed by atoms with Gasteiger partial charge in [0.05, 0.1) is 11.6 Å². The van der Waals surface area contributed by atoms with Crippen molar-refractivity contribution in [2.45, 2.75) is 0 Å². The molecular weight excluding hydrogens is 759 g/mol. The van der Waals surface area contributed by atoms with Crippen molar-refractivity contribution >= 4 is 0 Å². The van der Waals surface area contributed by atoms with E-state index < -0.39 is 0 Å². The van der Waals surface area contributed by atoms with Gasteiger partial charge in [-0.25, -0.2) is 29.9 Å². The van der Waals surface area contributed by atoms with Crippen LogP contribution in [0.5, 0.6) is 0 Å². The van der Waals surface area contributed by atoms with Gasteiger partial charge in [0.1, 0.15) is 0 Å². The summed E-state index contributed by atoms with van der Waals surface area (Å²) in [4.78, 5) is 30.6. The summed E-state index contributed by atoms with van der Waals surface area (Å²) < 4.78 is 0. The Bertz CT molecular complexity index is 3110. The lowest BCUT2D eigenvalue weighted by Gasteiger charge is -2.18. The fraction of sp³-hybridized carbons (Fsp3) is 0. The Balaban J connectivity index is 1.19. The number of benzene rings is 8. The van der Waals surface area contributed by atoms with Gasteiger partial charge in [-0.15, -0.1) is 0 Å². The first-order valence-corrected chi connectivity index (χ1v) is 20.3. The zero-order valence-corrected chi connectivity index (χ0v) is 33.3. The summed E-state index contributed by atoms with van der Waals surface area (Å²) in [5, 5.41) is 9.55. The van der Waals surface area contributed by atoms with E-state index in [-0.39, 0.29) is 0 Å². The maximum absolute atomic E-state index is 9.55. The molecule has 10 rings (SSSR count). The second-order valence-corrected chi connectivity index (χ2v) is 14.6. The third kappa shape index (κ3) is 7.63. The van der Waals surface area contributed by atoms with Crippen molar-refractivity contribution in [2.24, 2.45) is 0 Å². The fourth-order valence-electron chi connectivity index (χ4n) is 7.60. The van der Waals surface area contributed by atoms with Crippen LogP contribution in [0.15, 0.2) is 212 Å². The van der Waals surface area contributed by atoms with Crippen LogP contribution in [0, 0.1) is 11.3 Å². The van der Waals surface area contributed by atoms with Crippen molar-refractivity contribution in [3.63, 3.8) is 0 Å². The number of aromatic nitrogens is 6. The molecule has 290 valence electrons. The predicted octanol–water partition coefficient (Wildman–Crippen LogP) is 12.9. The second kappa shape index (κ2) is 16.9. The van der Waals surface area contributed by atoms with Crippen LogP contribution in [0.2, 0.25) is 0 Å². The van der Waals surface area contributed by atoms with Gasteiger partial charge < -0.3 is 0 Å². The summed E-state index contributed by atoms with van der Waals surface area (Å²) in [6, 6.07) is 73.0. The molecule has 2 heterocycles. The average molecular weight is 794 g/mol. The molecule has 0 spiro atoms. The number of hydrogen-bond donors (Lipinski definition) is 0. The van der Waals surface area contributed by atoms with Crippen LogP contribution >= 0.6 is 0 Å². The first-order valence-electron chi connectivity index (χ1n) is 20.3. The van der Waals surface area contributed by atoms with Crippen LogP contribution in [-0.4, -0.2) is 29.9 Å². The molecule has 2 aromatic heterocycles. The number of nitrogens with zero attached hydrogens (tertiary/aromatic N) is 7. The molecule has 0 atom stereocenters.